The minimum atomic E-state index is -0.0186. The van der Waals surface area contributed by atoms with Crippen molar-refractivity contribution in [2.24, 2.45) is 0 Å². The number of nitrogens with zero attached hydrogens (tertiary/aromatic N) is 1. The fourth-order valence-corrected chi connectivity index (χ4v) is 0.634. The van der Waals surface area contributed by atoms with Crippen LogP contribution < -0.4 is 10.7 Å². The molecule has 4 nitrogen and oxygen atoms in total. The van der Waals surface area contributed by atoms with Gasteiger partial charge in [0.25, 0.3) is 0 Å². The molecule has 0 aromatic rings. The van der Waals surface area contributed by atoms with Crippen LogP contribution in [0.2, 0.25) is 0 Å². The van der Waals surface area contributed by atoms with Crippen molar-refractivity contribution >= 4 is 5.91 Å². The van der Waals surface area contributed by atoms with E-state index in [2.05, 4.69) is 10.7 Å². The Morgan fingerprint density at radius 3 is 2.17 bits per heavy atom. The van der Waals surface area contributed by atoms with Crippen molar-refractivity contribution in [2.45, 2.75) is 26.3 Å². The van der Waals surface area contributed by atoms with Gasteiger partial charge in [-0.25, -0.2) is 5.01 Å². The van der Waals surface area contributed by atoms with Crippen LogP contribution in [0, 0.1) is 0 Å². The van der Waals surface area contributed by atoms with Crippen LogP contribution in [0.5, 0.6) is 0 Å². The molecule has 0 aromatic carbocycles. The Kier molecular flexibility index (Phi) is 4.20. The molecule has 0 aliphatic rings. The molecule has 0 spiro atoms. The highest BCUT2D eigenvalue weighted by Gasteiger charge is 2.10. The van der Waals surface area contributed by atoms with E-state index in [-0.39, 0.29) is 11.4 Å². The van der Waals surface area contributed by atoms with Gasteiger partial charge in [0.1, 0.15) is 0 Å². The van der Waals surface area contributed by atoms with E-state index in [4.69, 9.17) is 0 Å². The van der Waals surface area contributed by atoms with E-state index in [0.29, 0.717) is 6.54 Å². The number of carbonyl (C=O) groups is 1. The number of hydrazine groups is 1. The van der Waals surface area contributed by atoms with Crippen LogP contribution in [-0.4, -0.2) is 37.1 Å². The average Bonchev–Trinajstić information content (AvgIpc) is 1.80. The molecule has 72 valence electrons. The summed E-state index contributed by atoms with van der Waals surface area (Å²) in [4.78, 5) is 11.1. The van der Waals surface area contributed by atoms with Crippen LogP contribution in [0.3, 0.4) is 0 Å². The lowest BCUT2D eigenvalue weighted by Crippen LogP contribution is -2.46. The first kappa shape index (κ1) is 11.4. The van der Waals surface area contributed by atoms with E-state index >= 15 is 0 Å². The summed E-state index contributed by atoms with van der Waals surface area (Å²) in [7, 11) is 3.57. The lowest BCUT2D eigenvalue weighted by molar-refractivity contribution is -0.124. The molecule has 0 rings (SSSR count). The van der Waals surface area contributed by atoms with Crippen LogP contribution in [0.15, 0.2) is 0 Å². The largest absolute Gasteiger partial charge is 0.304 e. The predicted molar refractivity (Wildman–Crippen MR) is 49.6 cm³/mol. The Morgan fingerprint density at radius 2 is 1.83 bits per heavy atom. The Bertz CT molecular complexity index is 149. The zero-order chi connectivity index (χ0) is 9.78. The van der Waals surface area contributed by atoms with Gasteiger partial charge >= 0.3 is 0 Å². The maximum absolute atomic E-state index is 11.1. The number of nitrogens with one attached hydrogen (secondary N) is 2. The third-order valence-electron chi connectivity index (χ3n) is 1.13. The van der Waals surface area contributed by atoms with Crippen molar-refractivity contribution in [3.8, 4) is 0 Å². The second-order valence-corrected chi connectivity index (χ2v) is 4.03. The van der Waals surface area contributed by atoms with Gasteiger partial charge in [0.2, 0.25) is 5.91 Å². The Labute approximate surface area is 74.3 Å². The lowest BCUT2D eigenvalue weighted by Gasteiger charge is -2.21. The highest BCUT2D eigenvalue weighted by atomic mass is 16.2. The van der Waals surface area contributed by atoms with Gasteiger partial charge < -0.3 is 5.32 Å². The van der Waals surface area contributed by atoms with Gasteiger partial charge in [-0.15, -0.1) is 0 Å². The second kappa shape index (κ2) is 4.42. The van der Waals surface area contributed by atoms with E-state index in [1.165, 1.54) is 0 Å². The first-order chi connectivity index (χ1) is 5.31. The molecule has 0 bridgehead atoms. The SMILES string of the molecule is CN(C)NC(=O)CNC(C)(C)C. The number of rotatable bonds is 3. The van der Waals surface area contributed by atoms with E-state index in [1.807, 2.05) is 20.8 Å². The summed E-state index contributed by atoms with van der Waals surface area (Å²) in [5.41, 5.74) is 2.64. The standard InChI is InChI=1S/C8H19N3O/c1-8(2,3)9-6-7(12)10-11(4)5/h9H,6H2,1-5H3,(H,10,12). The van der Waals surface area contributed by atoms with Gasteiger partial charge in [-0.3, -0.25) is 10.2 Å². The zero-order valence-corrected chi connectivity index (χ0v) is 8.56. The minimum absolute atomic E-state index is 0.0103. The van der Waals surface area contributed by atoms with Crippen LogP contribution >= 0.6 is 0 Å². The highest BCUT2D eigenvalue weighted by Crippen LogP contribution is 1.96. The third-order valence-corrected chi connectivity index (χ3v) is 1.13. The number of carbonyl (C=O) groups excluding carboxylic acids is 1. The molecule has 0 atom stereocenters. The van der Waals surface area contributed by atoms with Gasteiger partial charge in [0.15, 0.2) is 0 Å². The molecule has 0 fully saturated rings. The molecule has 0 saturated carbocycles. The lowest BCUT2D eigenvalue weighted by atomic mass is 10.1. The van der Waals surface area contributed by atoms with Gasteiger partial charge in [-0.1, -0.05) is 0 Å². The van der Waals surface area contributed by atoms with Crippen molar-refractivity contribution in [1.29, 1.82) is 0 Å². The van der Waals surface area contributed by atoms with E-state index in [9.17, 15) is 4.79 Å². The first-order valence-corrected chi connectivity index (χ1v) is 4.03. The maximum atomic E-state index is 11.1. The molecule has 0 aliphatic heterocycles. The molecule has 12 heavy (non-hydrogen) atoms. The summed E-state index contributed by atoms with van der Waals surface area (Å²) in [6.07, 6.45) is 0. The van der Waals surface area contributed by atoms with Gasteiger partial charge in [-0.05, 0) is 20.8 Å². The molecule has 0 radical (unpaired) electrons. The van der Waals surface area contributed by atoms with Crippen LogP contribution in [0.25, 0.3) is 0 Å². The topological polar surface area (TPSA) is 44.4 Å². The number of amides is 1. The molecule has 4 heteroatoms. The van der Waals surface area contributed by atoms with Crippen molar-refractivity contribution in [1.82, 2.24) is 15.8 Å². The van der Waals surface area contributed by atoms with Crippen molar-refractivity contribution < 1.29 is 4.79 Å². The Morgan fingerprint density at radius 1 is 1.33 bits per heavy atom. The first-order valence-electron chi connectivity index (χ1n) is 4.03. The monoisotopic (exact) mass is 173 g/mol. The fraction of sp³-hybridized carbons (Fsp3) is 0.875. The summed E-state index contributed by atoms with van der Waals surface area (Å²) in [6.45, 7) is 6.42. The zero-order valence-electron chi connectivity index (χ0n) is 8.56. The molecule has 0 aliphatic carbocycles. The number of hydrogen-bond acceptors (Lipinski definition) is 3. The summed E-state index contributed by atoms with van der Waals surface area (Å²) < 4.78 is 0. The van der Waals surface area contributed by atoms with Crippen molar-refractivity contribution in [2.75, 3.05) is 20.6 Å². The van der Waals surface area contributed by atoms with E-state index in [1.54, 1.807) is 19.1 Å². The van der Waals surface area contributed by atoms with E-state index in [0.717, 1.165) is 0 Å². The van der Waals surface area contributed by atoms with Gasteiger partial charge in [0.05, 0.1) is 6.54 Å². The van der Waals surface area contributed by atoms with Crippen molar-refractivity contribution in [3.05, 3.63) is 0 Å². The van der Waals surface area contributed by atoms with Crippen molar-refractivity contribution in [3.63, 3.8) is 0 Å². The van der Waals surface area contributed by atoms with E-state index < -0.39 is 0 Å². The fourth-order valence-electron chi connectivity index (χ4n) is 0.634. The maximum Gasteiger partial charge on any atom is 0.248 e. The number of hydrogen-bond donors (Lipinski definition) is 2. The van der Waals surface area contributed by atoms with Gasteiger partial charge in [-0.2, -0.15) is 0 Å². The second-order valence-electron chi connectivity index (χ2n) is 4.03. The molecule has 0 saturated heterocycles. The summed E-state index contributed by atoms with van der Waals surface area (Å²) in [5, 5.41) is 4.72. The summed E-state index contributed by atoms with van der Waals surface area (Å²) in [5.74, 6) is -0.0186. The molecule has 1 amide bonds. The minimum Gasteiger partial charge on any atom is -0.304 e. The normalized spacial score (nSPS) is 11.8. The quantitative estimate of drug-likeness (QED) is 0.589. The molecule has 0 unspecified atom stereocenters. The van der Waals surface area contributed by atoms with Crippen LogP contribution in [0.4, 0.5) is 0 Å². The predicted octanol–water partition coefficient (Wildman–Crippen LogP) is -0.0327. The molecule has 0 heterocycles. The molecule has 2 N–H and O–H groups in total. The molecular weight excluding hydrogens is 154 g/mol. The smallest absolute Gasteiger partial charge is 0.248 e. The average molecular weight is 173 g/mol. The Balaban J connectivity index is 3.58. The summed E-state index contributed by atoms with van der Waals surface area (Å²) in [6, 6.07) is 0. The third kappa shape index (κ3) is 7.50. The highest BCUT2D eigenvalue weighted by molar-refractivity contribution is 5.77. The summed E-state index contributed by atoms with van der Waals surface area (Å²) >= 11 is 0. The van der Waals surface area contributed by atoms with Crippen LogP contribution in [0.1, 0.15) is 20.8 Å². The molecular formula is C8H19N3O. The van der Waals surface area contributed by atoms with Gasteiger partial charge in [0, 0.05) is 19.6 Å². The molecule has 0 aromatic heterocycles. The van der Waals surface area contributed by atoms with Crippen LogP contribution in [-0.2, 0) is 4.79 Å². The Hall–Kier alpha value is -0.610.